The highest BCUT2D eigenvalue weighted by Crippen LogP contribution is 2.45. The van der Waals surface area contributed by atoms with Gasteiger partial charge in [0.25, 0.3) is 11.6 Å². The maximum Gasteiger partial charge on any atom is 0.293 e. The second-order valence-corrected chi connectivity index (χ2v) is 27.4. The summed E-state index contributed by atoms with van der Waals surface area (Å²) in [5.41, 5.74) is 21.9. The average Bonchev–Trinajstić information content (AvgIpc) is 1.58. The van der Waals surface area contributed by atoms with Gasteiger partial charge < -0.3 is 17.7 Å². The van der Waals surface area contributed by atoms with Crippen molar-refractivity contribution >= 4 is 142 Å². The second-order valence-electron chi connectivity index (χ2n) is 27.4. The van der Waals surface area contributed by atoms with Crippen LogP contribution in [0.5, 0.6) is 0 Å². The van der Waals surface area contributed by atoms with Crippen LogP contribution in [0.1, 0.15) is 22.4 Å². The molecular formula is C92H74N8O4+4. The average molecular weight is 1360 g/mol. The van der Waals surface area contributed by atoms with Crippen LogP contribution >= 0.6 is 0 Å². The Morgan fingerprint density at radius 3 is 1.26 bits per heavy atom. The summed E-state index contributed by atoms with van der Waals surface area (Å²) in [6.45, 7) is 8.43. The molecule has 21 rings (SSSR count). The van der Waals surface area contributed by atoms with Crippen molar-refractivity contribution in [3.8, 4) is 45.3 Å². The number of imidazole rings is 2. The molecule has 0 amide bonds. The standard InChI is InChI=1S/C26H21N2O.C22H19N2O.2C22H17N2O/c1-16-12-14-19-24-18-9-5-4-8-17(18)13-15-22(24)29-25(19)23(16)26-27(2)20-10-6-7-11-21(20)28(26)3;1-14-8-10-17-20-16-7-5-4-6-15(16)9-11-18(20)25-21(17)19(14)22-23(2)12-13-24(22)3;1-14-20(18-9-5-6-12-24(18)2)22-17(13-23-14)21-16-8-4-3-7-15(16)10-11-19(21)25-22;1-14-13-23-21-20-16-8-4-3-7-15(16)10-11-18(20)25-22(21)19(14)17-9-5-6-12-24(17)2/h4-15H,1-3H3;4-13H,1-3H3;2*3-13H,1-2H3/q4*+1. The first kappa shape index (κ1) is 63.1. The molecule has 11 aromatic carbocycles. The maximum absolute atomic E-state index is 6.51. The van der Waals surface area contributed by atoms with Gasteiger partial charge in [0, 0.05) is 69.0 Å². The Kier molecular flexibility index (Phi) is 15.1. The molecule has 10 aromatic heterocycles. The van der Waals surface area contributed by atoms with E-state index in [0.29, 0.717) is 0 Å². The van der Waals surface area contributed by atoms with Gasteiger partial charge in [-0.25, -0.2) is 27.4 Å². The van der Waals surface area contributed by atoms with E-state index in [1.165, 1.54) is 86.8 Å². The molecule has 12 heteroatoms. The van der Waals surface area contributed by atoms with Crippen molar-refractivity contribution < 1.29 is 35.9 Å². The Morgan fingerprint density at radius 2 is 0.760 bits per heavy atom. The topological polar surface area (TPSA) is 104 Å². The summed E-state index contributed by atoms with van der Waals surface area (Å²) < 4.78 is 38.6. The fraction of sp³-hybridized carbons (Fsp3) is 0.109. The molecule has 0 aliphatic rings. The summed E-state index contributed by atoms with van der Waals surface area (Å²) in [6, 6.07) is 80.3. The minimum absolute atomic E-state index is 0.855. The number of nitrogens with zero attached hydrogens (tertiary/aromatic N) is 8. The summed E-state index contributed by atoms with van der Waals surface area (Å²) in [4.78, 5) is 9.41. The van der Waals surface area contributed by atoms with Crippen LogP contribution in [-0.4, -0.2) is 19.1 Å². The molecule has 0 aliphatic heterocycles. The zero-order valence-electron chi connectivity index (χ0n) is 59.6. The third-order valence-electron chi connectivity index (χ3n) is 21.1. The molecule has 104 heavy (non-hydrogen) atoms. The summed E-state index contributed by atoms with van der Waals surface area (Å²) in [7, 11) is 12.5. The van der Waals surface area contributed by atoms with Crippen molar-refractivity contribution in [3.63, 3.8) is 0 Å². The van der Waals surface area contributed by atoms with E-state index in [9.17, 15) is 0 Å². The summed E-state index contributed by atoms with van der Waals surface area (Å²) >= 11 is 0. The fourth-order valence-corrected chi connectivity index (χ4v) is 16.1. The lowest BCUT2D eigenvalue weighted by Crippen LogP contribution is -2.30. The number of furan rings is 4. The molecule has 0 atom stereocenters. The normalized spacial score (nSPS) is 11.8. The molecule has 502 valence electrons. The predicted octanol–water partition coefficient (Wildman–Crippen LogP) is 20.8. The smallest absolute Gasteiger partial charge is 0.293 e. The van der Waals surface area contributed by atoms with Gasteiger partial charge in [0.2, 0.25) is 11.4 Å². The van der Waals surface area contributed by atoms with Crippen molar-refractivity contribution in [2.75, 3.05) is 0 Å². The minimum Gasteiger partial charge on any atom is -0.455 e. The molecule has 0 bridgehead atoms. The number of fused-ring (bicyclic) bond motifs is 21. The van der Waals surface area contributed by atoms with E-state index < -0.39 is 0 Å². The van der Waals surface area contributed by atoms with Crippen LogP contribution < -0.4 is 18.3 Å². The highest BCUT2D eigenvalue weighted by Gasteiger charge is 2.30. The molecular weight excluding hydrogens is 1280 g/mol. The molecule has 0 saturated carbocycles. The molecule has 0 radical (unpaired) electrons. The summed E-state index contributed by atoms with van der Waals surface area (Å²) in [6.07, 6.45) is 12.1. The van der Waals surface area contributed by atoms with Gasteiger partial charge in [0.15, 0.2) is 45.8 Å². The number of benzene rings is 11. The number of hydrogen-bond donors (Lipinski definition) is 0. The van der Waals surface area contributed by atoms with Gasteiger partial charge in [-0.05, 0) is 136 Å². The van der Waals surface area contributed by atoms with E-state index in [4.69, 9.17) is 22.7 Å². The van der Waals surface area contributed by atoms with Crippen LogP contribution in [0.25, 0.3) is 187 Å². The third-order valence-corrected chi connectivity index (χ3v) is 21.1. The van der Waals surface area contributed by atoms with Crippen molar-refractivity contribution in [1.29, 1.82) is 0 Å². The van der Waals surface area contributed by atoms with Crippen molar-refractivity contribution in [3.05, 3.63) is 290 Å². The Balaban J connectivity index is 0.0000000990. The molecule has 0 N–H and O–H groups in total. The Morgan fingerprint density at radius 1 is 0.327 bits per heavy atom. The zero-order valence-corrected chi connectivity index (χ0v) is 59.6. The summed E-state index contributed by atoms with van der Waals surface area (Å²) in [5, 5.41) is 17.8. The maximum atomic E-state index is 6.51. The quantitative estimate of drug-likeness (QED) is 0.163. The zero-order chi connectivity index (χ0) is 70.8. The van der Waals surface area contributed by atoms with Gasteiger partial charge >= 0.3 is 0 Å². The van der Waals surface area contributed by atoms with Crippen LogP contribution in [0.3, 0.4) is 0 Å². The Labute approximate surface area is 599 Å². The molecule has 21 aromatic rings. The van der Waals surface area contributed by atoms with Crippen LogP contribution in [0.4, 0.5) is 0 Å². The Bertz CT molecular complexity index is 6820. The minimum atomic E-state index is 0.855. The molecule has 0 fully saturated rings. The number of aryl methyl sites for hydroxylation is 10. The number of rotatable bonds is 4. The number of pyridine rings is 4. The second kappa shape index (κ2) is 24.9. The van der Waals surface area contributed by atoms with Crippen LogP contribution in [0.15, 0.2) is 285 Å². The first-order valence-corrected chi connectivity index (χ1v) is 35.2. The van der Waals surface area contributed by atoms with E-state index in [1.807, 2.05) is 56.8 Å². The molecule has 12 nitrogen and oxygen atoms in total. The molecule has 10 heterocycles. The molecule has 0 spiro atoms. The Hall–Kier alpha value is -13.1. The van der Waals surface area contributed by atoms with Gasteiger partial charge in [-0.15, -0.1) is 0 Å². The largest absolute Gasteiger partial charge is 0.455 e. The lowest BCUT2D eigenvalue weighted by molar-refractivity contribution is -0.660. The van der Waals surface area contributed by atoms with E-state index >= 15 is 0 Å². The highest BCUT2D eigenvalue weighted by atomic mass is 16.3. The van der Waals surface area contributed by atoms with Gasteiger partial charge in [-0.2, -0.15) is 0 Å². The third kappa shape index (κ3) is 10.1. The number of para-hydroxylation sites is 2. The van der Waals surface area contributed by atoms with Gasteiger partial charge in [-0.1, -0.05) is 158 Å². The first-order chi connectivity index (χ1) is 50.8. The van der Waals surface area contributed by atoms with E-state index in [0.717, 1.165) is 123 Å². The van der Waals surface area contributed by atoms with Crippen molar-refractivity contribution in [1.82, 2.24) is 19.1 Å². The lowest BCUT2D eigenvalue weighted by Gasteiger charge is -2.05. The van der Waals surface area contributed by atoms with Crippen LogP contribution in [0.2, 0.25) is 0 Å². The first-order valence-electron chi connectivity index (χ1n) is 35.2. The van der Waals surface area contributed by atoms with E-state index in [-0.39, 0.29) is 0 Å². The fourth-order valence-electron chi connectivity index (χ4n) is 16.1. The highest BCUT2D eigenvalue weighted by molar-refractivity contribution is 6.24. The summed E-state index contributed by atoms with van der Waals surface area (Å²) in [5.74, 6) is 2.30. The van der Waals surface area contributed by atoms with E-state index in [1.54, 1.807) is 0 Å². The van der Waals surface area contributed by atoms with Gasteiger partial charge in [-0.3, -0.25) is 9.97 Å². The lowest BCUT2D eigenvalue weighted by atomic mass is 10.00. The van der Waals surface area contributed by atoms with E-state index in [2.05, 4.69) is 313 Å². The predicted molar refractivity (Wildman–Crippen MR) is 421 cm³/mol. The number of hydrogen-bond acceptors (Lipinski definition) is 6. The van der Waals surface area contributed by atoms with Crippen molar-refractivity contribution in [2.45, 2.75) is 27.7 Å². The monoisotopic (exact) mass is 1350 g/mol. The van der Waals surface area contributed by atoms with Crippen molar-refractivity contribution in [2.24, 2.45) is 42.3 Å². The molecule has 0 unspecified atom stereocenters. The molecule has 0 aliphatic carbocycles. The molecule has 0 saturated heterocycles. The van der Waals surface area contributed by atoms with Gasteiger partial charge in [0.05, 0.1) is 44.8 Å². The van der Waals surface area contributed by atoms with Crippen LogP contribution in [-0.2, 0) is 42.3 Å². The van der Waals surface area contributed by atoms with Gasteiger partial charge in [0.1, 0.15) is 71.0 Å². The van der Waals surface area contributed by atoms with Crippen LogP contribution in [0, 0.1) is 27.7 Å². The number of aromatic nitrogens is 8. The SMILES string of the molecule is Cc1ccc2c(oc3ccc4ccccc4c32)c1-c1n(C)c2ccccc2[n+]1C.Cc1ccc2c(oc3ccc4ccccc4c32)c1-c1n(C)cc[n+]1C.Cc1cnc2c(oc3ccc4ccccc4c32)c1-c1cccc[n+]1C.Cc1ncc2c(oc3ccc4ccccc4c32)c1-c1cccc[n+]1C.